The smallest absolute Gasteiger partial charge is 0.334 e. The summed E-state index contributed by atoms with van der Waals surface area (Å²) < 4.78 is 5.07. The van der Waals surface area contributed by atoms with Gasteiger partial charge in [-0.15, -0.1) is 0 Å². The normalized spacial score (nSPS) is 19.3. The molecule has 0 N–H and O–H groups in total. The van der Waals surface area contributed by atoms with E-state index in [4.69, 9.17) is 4.74 Å². The molecule has 1 aliphatic rings. The maximum atomic E-state index is 11.7. The molecule has 1 aromatic rings. The number of esters is 1. The lowest BCUT2D eigenvalue weighted by Gasteiger charge is -2.14. The van der Waals surface area contributed by atoms with Crippen LogP contribution in [0.3, 0.4) is 0 Å². The van der Waals surface area contributed by atoms with E-state index < -0.39 is 0 Å². The molecule has 0 spiro atoms. The lowest BCUT2D eigenvalue weighted by molar-refractivity contribution is -0.138. The van der Waals surface area contributed by atoms with Gasteiger partial charge in [0.15, 0.2) is 0 Å². The number of allylic oxidation sites excluding steroid dienone is 1. The fourth-order valence-electron chi connectivity index (χ4n) is 2.17. The molecular formula is C14H16O2. The van der Waals surface area contributed by atoms with Crippen molar-refractivity contribution in [3.8, 4) is 0 Å². The van der Waals surface area contributed by atoms with Crippen molar-refractivity contribution in [1.82, 2.24) is 0 Å². The first-order chi connectivity index (χ1) is 7.83. The Kier molecular flexibility index (Phi) is 3.40. The number of ether oxygens (including phenoxy) is 1. The van der Waals surface area contributed by atoms with E-state index in [9.17, 15) is 4.79 Å². The van der Waals surface area contributed by atoms with Gasteiger partial charge in [-0.05, 0) is 25.3 Å². The first-order valence-corrected chi connectivity index (χ1v) is 5.75. The van der Waals surface area contributed by atoms with Gasteiger partial charge in [-0.25, -0.2) is 4.79 Å². The monoisotopic (exact) mass is 216 g/mol. The summed E-state index contributed by atoms with van der Waals surface area (Å²) in [5.41, 5.74) is 2.03. The lowest BCUT2D eigenvalue weighted by Crippen LogP contribution is -2.12. The molecule has 2 nitrogen and oxygen atoms in total. The second-order valence-electron chi connectivity index (χ2n) is 3.92. The molecule has 0 bridgehead atoms. The highest BCUT2D eigenvalue weighted by atomic mass is 16.5. The zero-order chi connectivity index (χ0) is 11.4. The zero-order valence-corrected chi connectivity index (χ0v) is 9.48. The molecule has 1 atom stereocenters. The summed E-state index contributed by atoms with van der Waals surface area (Å²) in [4.78, 5) is 11.7. The molecule has 0 saturated carbocycles. The molecular weight excluding hydrogens is 200 g/mol. The number of benzene rings is 1. The Bertz CT molecular complexity index is 392. The molecule has 0 aliphatic heterocycles. The SMILES string of the molecule is CCOC(=O)C1=CCC[C@H]1c1ccccc1. The molecule has 0 aromatic heterocycles. The maximum Gasteiger partial charge on any atom is 0.334 e. The van der Waals surface area contributed by atoms with Crippen LogP contribution in [0.2, 0.25) is 0 Å². The fourth-order valence-corrected chi connectivity index (χ4v) is 2.17. The minimum atomic E-state index is -0.158. The van der Waals surface area contributed by atoms with E-state index >= 15 is 0 Å². The van der Waals surface area contributed by atoms with Crippen LogP contribution in [0, 0.1) is 0 Å². The highest BCUT2D eigenvalue weighted by Crippen LogP contribution is 2.35. The zero-order valence-electron chi connectivity index (χ0n) is 9.48. The van der Waals surface area contributed by atoms with Crippen LogP contribution in [-0.4, -0.2) is 12.6 Å². The van der Waals surface area contributed by atoms with Gasteiger partial charge in [0.2, 0.25) is 0 Å². The largest absolute Gasteiger partial charge is 0.463 e. The van der Waals surface area contributed by atoms with E-state index in [1.807, 2.05) is 31.2 Å². The van der Waals surface area contributed by atoms with Crippen LogP contribution >= 0.6 is 0 Å². The number of carbonyl (C=O) groups is 1. The van der Waals surface area contributed by atoms with Crippen LogP contribution in [0.15, 0.2) is 42.0 Å². The van der Waals surface area contributed by atoms with Crippen molar-refractivity contribution in [2.24, 2.45) is 0 Å². The standard InChI is InChI=1S/C14H16O2/c1-2-16-14(15)13-10-6-9-12(13)11-7-4-3-5-8-11/h3-5,7-8,10,12H,2,6,9H2,1H3/t12-/m0/s1. The summed E-state index contributed by atoms with van der Waals surface area (Å²) in [6.45, 7) is 2.28. The second kappa shape index (κ2) is 4.97. The van der Waals surface area contributed by atoms with Gasteiger partial charge >= 0.3 is 5.97 Å². The summed E-state index contributed by atoms with van der Waals surface area (Å²) in [6.07, 6.45) is 3.99. The molecule has 84 valence electrons. The van der Waals surface area contributed by atoms with E-state index in [0.29, 0.717) is 6.61 Å². The van der Waals surface area contributed by atoms with Gasteiger partial charge in [0.1, 0.15) is 0 Å². The van der Waals surface area contributed by atoms with Gasteiger partial charge < -0.3 is 4.74 Å². The van der Waals surface area contributed by atoms with Crippen molar-refractivity contribution in [1.29, 1.82) is 0 Å². The van der Waals surface area contributed by atoms with Crippen LogP contribution in [0.1, 0.15) is 31.2 Å². The first kappa shape index (κ1) is 10.9. The highest BCUT2D eigenvalue weighted by Gasteiger charge is 2.26. The van der Waals surface area contributed by atoms with E-state index in [2.05, 4.69) is 12.1 Å². The van der Waals surface area contributed by atoms with Crippen LogP contribution in [-0.2, 0) is 9.53 Å². The Labute approximate surface area is 95.9 Å². The average Bonchev–Trinajstić information content (AvgIpc) is 2.79. The second-order valence-corrected chi connectivity index (χ2v) is 3.92. The van der Waals surface area contributed by atoms with Gasteiger partial charge in [-0.1, -0.05) is 36.4 Å². The van der Waals surface area contributed by atoms with E-state index in [0.717, 1.165) is 18.4 Å². The summed E-state index contributed by atoms with van der Waals surface area (Å²) in [7, 11) is 0. The Hall–Kier alpha value is -1.57. The van der Waals surface area contributed by atoms with Gasteiger partial charge in [-0.2, -0.15) is 0 Å². The van der Waals surface area contributed by atoms with Crippen molar-refractivity contribution in [3.63, 3.8) is 0 Å². The predicted octanol–water partition coefficient (Wildman–Crippen LogP) is 3.05. The summed E-state index contributed by atoms with van der Waals surface area (Å²) in [6, 6.07) is 10.2. The first-order valence-electron chi connectivity index (χ1n) is 5.75. The topological polar surface area (TPSA) is 26.3 Å². The molecule has 0 unspecified atom stereocenters. The van der Waals surface area contributed by atoms with Crippen LogP contribution in [0.5, 0.6) is 0 Å². The molecule has 0 saturated heterocycles. The third-order valence-electron chi connectivity index (χ3n) is 2.91. The third-order valence-corrected chi connectivity index (χ3v) is 2.91. The van der Waals surface area contributed by atoms with Gasteiger partial charge in [0.05, 0.1) is 6.61 Å². The lowest BCUT2D eigenvalue weighted by atomic mass is 9.93. The molecule has 0 radical (unpaired) electrons. The van der Waals surface area contributed by atoms with Gasteiger partial charge in [0, 0.05) is 11.5 Å². The van der Waals surface area contributed by atoms with Crippen LogP contribution in [0.25, 0.3) is 0 Å². The minimum Gasteiger partial charge on any atom is -0.463 e. The van der Waals surface area contributed by atoms with Crippen molar-refractivity contribution in [2.45, 2.75) is 25.7 Å². The summed E-state index contributed by atoms with van der Waals surface area (Å²) in [5, 5.41) is 0. The Morgan fingerprint density at radius 1 is 1.38 bits per heavy atom. The molecule has 1 aliphatic carbocycles. The quantitative estimate of drug-likeness (QED) is 0.726. The van der Waals surface area contributed by atoms with Crippen molar-refractivity contribution < 1.29 is 9.53 Å². The Morgan fingerprint density at radius 2 is 2.12 bits per heavy atom. The molecule has 16 heavy (non-hydrogen) atoms. The third kappa shape index (κ3) is 2.16. The number of hydrogen-bond donors (Lipinski definition) is 0. The van der Waals surface area contributed by atoms with Crippen molar-refractivity contribution in [2.75, 3.05) is 6.61 Å². The van der Waals surface area contributed by atoms with Crippen LogP contribution < -0.4 is 0 Å². The predicted molar refractivity (Wildman–Crippen MR) is 63.1 cm³/mol. The molecule has 0 amide bonds. The molecule has 1 aromatic carbocycles. The summed E-state index contributed by atoms with van der Waals surface area (Å²) in [5.74, 6) is 0.0640. The van der Waals surface area contributed by atoms with Crippen LogP contribution in [0.4, 0.5) is 0 Å². The Morgan fingerprint density at radius 3 is 2.81 bits per heavy atom. The number of hydrogen-bond acceptors (Lipinski definition) is 2. The maximum absolute atomic E-state index is 11.7. The fraction of sp³-hybridized carbons (Fsp3) is 0.357. The Balaban J connectivity index is 2.18. The number of carbonyl (C=O) groups excluding carboxylic acids is 1. The summed E-state index contributed by atoms with van der Waals surface area (Å²) >= 11 is 0. The average molecular weight is 216 g/mol. The molecule has 0 fully saturated rings. The highest BCUT2D eigenvalue weighted by molar-refractivity contribution is 5.90. The van der Waals surface area contributed by atoms with Crippen molar-refractivity contribution >= 4 is 5.97 Å². The van der Waals surface area contributed by atoms with Gasteiger partial charge in [0.25, 0.3) is 0 Å². The molecule has 2 rings (SSSR count). The van der Waals surface area contributed by atoms with E-state index in [1.54, 1.807) is 0 Å². The van der Waals surface area contributed by atoms with E-state index in [1.165, 1.54) is 5.56 Å². The molecule has 2 heteroatoms. The number of rotatable bonds is 3. The minimum absolute atomic E-state index is 0.158. The molecule has 0 heterocycles. The van der Waals surface area contributed by atoms with E-state index in [-0.39, 0.29) is 11.9 Å². The van der Waals surface area contributed by atoms with Crippen molar-refractivity contribution in [3.05, 3.63) is 47.5 Å². The van der Waals surface area contributed by atoms with Gasteiger partial charge in [-0.3, -0.25) is 0 Å².